The number of Topliss-reactive ketones (excluding diaryl/α,β-unsaturated/α-hetero) is 2. The second-order valence-electron chi connectivity index (χ2n) is 12.9. The van der Waals surface area contributed by atoms with E-state index in [-0.39, 0.29) is 24.5 Å². The predicted molar refractivity (Wildman–Crippen MR) is 174 cm³/mol. The van der Waals surface area contributed by atoms with E-state index in [0.29, 0.717) is 6.42 Å². The molecule has 0 aliphatic heterocycles. The van der Waals surface area contributed by atoms with Crippen LogP contribution < -0.4 is 16.4 Å². The lowest BCUT2D eigenvalue weighted by molar-refractivity contribution is -0.213. The number of hydrogen-bond donors (Lipinski definition) is 4. The topological polar surface area (TPSA) is 156 Å². The van der Waals surface area contributed by atoms with E-state index in [9.17, 15) is 42.3 Å². The third kappa shape index (κ3) is 16.9. The molecule has 0 saturated heterocycles. The van der Waals surface area contributed by atoms with Gasteiger partial charge in [-0.3, -0.25) is 24.0 Å². The van der Waals surface area contributed by atoms with Crippen LogP contribution in [0, 0.1) is 17.8 Å². The molecule has 5 N–H and O–H groups in total. The molecule has 0 spiro atoms. The second-order valence-corrected chi connectivity index (χ2v) is 12.9. The number of nitrogens with two attached hydrogens (primary N) is 1. The Bertz CT molecular complexity index is 1130. The van der Waals surface area contributed by atoms with E-state index in [1.165, 1.54) is 26.2 Å². The molecule has 1 aromatic rings. The first-order chi connectivity index (χ1) is 22.1. The average Bonchev–Trinajstić information content (AvgIpc) is 3.00. The summed E-state index contributed by atoms with van der Waals surface area (Å²) in [7, 11) is 0. The van der Waals surface area contributed by atoms with Crippen LogP contribution in [0.15, 0.2) is 30.3 Å². The molecule has 266 valence electrons. The second kappa shape index (κ2) is 21.6. The molecule has 12 heteroatoms. The predicted octanol–water partition coefficient (Wildman–Crippen LogP) is 5.35. The minimum Gasteiger partial charge on any atom is -0.382 e. The van der Waals surface area contributed by atoms with Gasteiger partial charge in [0, 0.05) is 37.5 Å². The van der Waals surface area contributed by atoms with Crippen LogP contribution in [-0.4, -0.2) is 58.8 Å². The zero-order chi connectivity index (χ0) is 35.6. The highest BCUT2D eigenvalue weighted by molar-refractivity contribution is 5.94. The van der Waals surface area contributed by atoms with E-state index in [0.717, 1.165) is 31.2 Å². The maximum Gasteiger partial charge on any atom is 0.416 e. The van der Waals surface area contributed by atoms with E-state index in [1.54, 1.807) is 30.3 Å². The van der Waals surface area contributed by atoms with Gasteiger partial charge in [0.1, 0.15) is 5.78 Å². The zero-order valence-corrected chi connectivity index (χ0v) is 28.2. The molecule has 1 aromatic carbocycles. The van der Waals surface area contributed by atoms with Gasteiger partial charge in [0.15, 0.2) is 11.9 Å². The van der Waals surface area contributed by atoms with Crippen molar-refractivity contribution in [2.24, 2.45) is 23.5 Å². The number of aliphatic hydroxyl groups excluding tert-OH is 1. The highest BCUT2D eigenvalue weighted by Crippen LogP contribution is 2.25. The van der Waals surface area contributed by atoms with Gasteiger partial charge in [-0.15, -0.1) is 0 Å². The van der Waals surface area contributed by atoms with Crippen LogP contribution in [0.5, 0.6) is 0 Å². The first-order valence-electron chi connectivity index (χ1n) is 16.8. The Hall–Kier alpha value is -3.28. The minimum atomic E-state index is -5.07. The van der Waals surface area contributed by atoms with E-state index in [1.807, 2.05) is 13.8 Å². The third-order valence-corrected chi connectivity index (χ3v) is 8.34. The van der Waals surface area contributed by atoms with Gasteiger partial charge < -0.3 is 21.5 Å². The highest BCUT2D eigenvalue weighted by atomic mass is 19.4. The van der Waals surface area contributed by atoms with Crippen molar-refractivity contribution in [2.45, 2.75) is 136 Å². The van der Waals surface area contributed by atoms with Crippen molar-refractivity contribution in [1.29, 1.82) is 0 Å². The lowest BCUT2D eigenvalue weighted by atomic mass is 9.87. The van der Waals surface area contributed by atoms with Crippen molar-refractivity contribution < 1.29 is 42.3 Å². The Morgan fingerprint density at radius 3 is 1.98 bits per heavy atom. The fourth-order valence-corrected chi connectivity index (χ4v) is 5.33. The number of unbranched alkanes of at least 4 members (excludes halogenated alkanes) is 6. The van der Waals surface area contributed by atoms with Crippen molar-refractivity contribution in [1.82, 2.24) is 10.6 Å². The Balaban J connectivity index is 2.97. The molecule has 0 aromatic heterocycles. The molecule has 9 nitrogen and oxygen atoms in total. The molecule has 1 rings (SSSR count). The van der Waals surface area contributed by atoms with Gasteiger partial charge in [-0.25, -0.2) is 0 Å². The molecule has 0 heterocycles. The summed E-state index contributed by atoms with van der Waals surface area (Å²) in [6.45, 7) is 7.16. The van der Waals surface area contributed by atoms with E-state index in [4.69, 9.17) is 5.73 Å². The summed E-state index contributed by atoms with van der Waals surface area (Å²) in [5.41, 5.74) is 5.78. The van der Waals surface area contributed by atoms with Crippen molar-refractivity contribution >= 4 is 29.3 Å². The number of ketones is 2. The number of hydrogen-bond acceptors (Lipinski definition) is 6. The molecule has 0 bridgehead atoms. The van der Waals surface area contributed by atoms with Gasteiger partial charge in [0.05, 0.1) is 12.1 Å². The molecule has 47 heavy (non-hydrogen) atoms. The summed E-state index contributed by atoms with van der Waals surface area (Å²) in [6.07, 6.45) is -1.49. The Kier molecular flexibility index (Phi) is 19.2. The number of benzene rings is 1. The number of amides is 3. The molecule has 0 radical (unpaired) electrons. The van der Waals surface area contributed by atoms with E-state index >= 15 is 0 Å². The number of carbonyl (C=O) groups is 5. The molecule has 0 aliphatic carbocycles. The zero-order valence-electron chi connectivity index (χ0n) is 28.2. The molecule has 5 atom stereocenters. The normalized spacial score (nSPS) is 14.9. The summed E-state index contributed by atoms with van der Waals surface area (Å²) in [6, 6.07) is 5.97. The maximum absolute atomic E-state index is 13.5. The number of primary amides is 1. The molecular formula is C35H54F3N3O6. The summed E-state index contributed by atoms with van der Waals surface area (Å²) in [5, 5.41) is 14.7. The molecular weight excluding hydrogens is 615 g/mol. The van der Waals surface area contributed by atoms with Crippen molar-refractivity contribution in [3.8, 4) is 0 Å². The van der Waals surface area contributed by atoms with Gasteiger partial charge in [-0.05, 0) is 30.7 Å². The number of carbonyl (C=O) groups excluding carboxylic acids is 5. The largest absolute Gasteiger partial charge is 0.416 e. The van der Waals surface area contributed by atoms with Crippen LogP contribution in [0.4, 0.5) is 13.2 Å². The number of halogens is 3. The van der Waals surface area contributed by atoms with Crippen molar-refractivity contribution in [3.63, 3.8) is 0 Å². The maximum atomic E-state index is 13.5. The fraction of sp³-hybridized carbons (Fsp3) is 0.686. The van der Waals surface area contributed by atoms with Crippen LogP contribution in [-0.2, 0) is 30.4 Å². The quantitative estimate of drug-likeness (QED) is 0.109. The molecule has 0 fully saturated rings. The third-order valence-electron chi connectivity index (χ3n) is 8.34. The molecule has 0 aliphatic rings. The Morgan fingerprint density at radius 2 is 1.43 bits per heavy atom. The number of nitrogens with one attached hydrogen (secondary N) is 2. The van der Waals surface area contributed by atoms with Crippen LogP contribution in [0.25, 0.3) is 0 Å². The number of rotatable bonds is 24. The smallest absolute Gasteiger partial charge is 0.382 e. The van der Waals surface area contributed by atoms with Gasteiger partial charge >= 0.3 is 6.18 Å². The number of alkyl halides is 3. The molecule has 2 unspecified atom stereocenters. The Labute approximate surface area is 277 Å². The van der Waals surface area contributed by atoms with E-state index in [2.05, 4.69) is 17.6 Å². The lowest BCUT2D eigenvalue weighted by Gasteiger charge is -2.27. The van der Waals surface area contributed by atoms with Crippen LogP contribution in [0.2, 0.25) is 0 Å². The highest BCUT2D eigenvalue weighted by Gasteiger charge is 2.44. The summed E-state index contributed by atoms with van der Waals surface area (Å²) in [4.78, 5) is 63.9. The summed E-state index contributed by atoms with van der Waals surface area (Å²) in [5.74, 6) is -4.83. The standard InChI is InChI=1S/C35H54F3N3O6/c1-5-6-7-8-9-10-14-17-26(42)22-27(23(2)3)34(47)41-29(21-25-15-12-11-13-16-25)30(43)20-24(4)33(46)40-28(18-19-31(39)44)32(45)35(36,37)38/h11-13,15-16,23-24,27-29,32,45H,5-10,14,17-22H2,1-4H3,(H2,39,44)(H,40,46)(H,41,47)/t24-,27+,28?,29+,32?/m1/s1. The average molecular weight is 670 g/mol. The van der Waals surface area contributed by atoms with Crippen molar-refractivity contribution in [3.05, 3.63) is 35.9 Å². The summed E-state index contributed by atoms with van der Waals surface area (Å²) < 4.78 is 39.7. The van der Waals surface area contributed by atoms with Crippen LogP contribution in [0.1, 0.15) is 110 Å². The molecule has 3 amide bonds. The monoisotopic (exact) mass is 669 g/mol. The van der Waals surface area contributed by atoms with Crippen molar-refractivity contribution in [2.75, 3.05) is 0 Å². The Morgan fingerprint density at radius 1 is 0.830 bits per heavy atom. The first-order valence-corrected chi connectivity index (χ1v) is 16.8. The van der Waals surface area contributed by atoms with Gasteiger partial charge in [0.25, 0.3) is 0 Å². The minimum absolute atomic E-state index is 0.0180. The SMILES string of the molecule is CCCCCCCCCC(=O)C[C@H](C(=O)N[C@@H](Cc1ccccc1)C(=O)C[C@@H](C)C(=O)NC(CCC(N)=O)C(O)C(F)(F)F)C(C)C. The van der Waals surface area contributed by atoms with Crippen LogP contribution >= 0.6 is 0 Å². The van der Waals surface area contributed by atoms with E-state index < -0.39 is 79.0 Å². The summed E-state index contributed by atoms with van der Waals surface area (Å²) >= 11 is 0. The number of aliphatic hydroxyl groups is 1. The first kappa shape index (κ1) is 41.7. The van der Waals surface area contributed by atoms with Crippen LogP contribution in [0.3, 0.4) is 0 Å². The van der Waals surface area contributed by atoms with Gasteiger partial charge in [-0.2, -0.15) is 13.2 Å². The van der Waals surface area contributed by atoms with Gasteiger partial charge in [-0.1, -0.05) is 96.6 Å². The fourth-order valence-electron chi connectivity index (χ4n) is 5.33. The molecule has 0 saturated carbocycles. The lowest BCUT2D eigenvalue weighted by Crippen LogP contribution is -2.52. The van der Waals surface area contributed by atoms with Gasteiger partial charge in [0.2, 0.25) is 17.7 Å².